The number of morpholine rings is 1. The molecule has 1 N–H and O–H groups in total. The van der Waals surface area contributed by atoms with Crippen molar-refractivity contribution in [2.75, 3.05) is 40.0 Å². The van der Waals surface area contributed by atoms with Crippen LogP contribution in [0.4, 0.5) is 0 Å². The first-order chi connectivity index (χ1) is 22.8. The molecule has 1 aliphatic heterocycles. The van der Waals surface area contributed by atoms with E-state index < -0.39 is 16.1 Å². The molecule has 5 rings (SSSR count). The molecule has 0 bridgehead atoms. The van der Waals surface area contributed by atoms with Crippen LogP contribution in [0.25, 0.3) is 0 Å². The summed E-state index contributed by atoms with van der Waals surface area (Å²) in [6, 6.07) is 31.6. The number of hydrogen-bond donors (Lipinski definition) is 1. The number of methoxy groups -OCH3 is 1. The second-order valence-corrected chi connectivity index (χ2v) is 13.0. The molecule has 47 heavy (non-hydrogen) atoms. The lowest BCUT2D eigenvalue weighted by Crippen LogP contribution is -2.51. The van der Waals surface area contributed by atoms with Gasteiger partial charge in [0.25, 0.3) is 5.91 Å². The van der Waals surface area contributed by atoms with Crippen LogP contribution in [0.15, 0.2) is 114 Å². The Labute approximate surface area is 275 Å². The Bertz CT molecular complexity index is 1700. The minimum Gasteiger partial charge on any atom is -0.497 e. The smallest absolute Gasteiger partial charge is 0.261 e. The minimum atomic E-state index is -3.67. The van der Waals surface area contributed by atoms with Crippen LogP contribution in [0.3, 0.4) is 0 Å². The number of sulfonamides is 1. The molecular formula is C36H39N3O7S. The van der Waals surface area contributed by atoms with Gasteiger partial charge in [-0.2, -0.15) is 4.31 Å². The Morgan fingerprint density at radius 1 is 0.809 bits per heavy atom. The van der Waals surface area contributed by atoms with E-state index in [1.807, 2.05) is 84.9 Å². The van der Waals surface area contributed by atoms with E-state index in [-0.39, 0.29) is 36.4 Å². The van der Waals surface area contributed by atoms with Gasteiger partial charge in [0.1, 0.15) is 17.5 Å². The highest BCUT2D eigenvalue weighted by Gasteiger charge is 2.31. The second kappa shape index (κ2) is 16.2. The standard InChI is InChI=1S/C36H39N3O7S/c1-44-31-14-12-29(13-15-31)25-37-36(41)34(24-28-8-4-2-5-9-28)39(26-30-10-6-3-7-11-30)35(40)27-46-32-16-18-33(19-17-32)47(42,43)38-20-22-45-23-21-38/h2-19,34H,20-27H2,1H3,(H,37,41). The summed E-state index contributed by atoms with van der Waals surface area (Å²) in [5.74, 6) is 0.364. The third-order valence-corrected chi connectivity index (χ3v) is 9.80. The maximum Gasteiger partial charge on any atom is 0.261 e. The van der Waals surface area contributed by atoms with E-state index in [9.17, 15) is 18.0 Å². The summed E-state index contributed by atoms with van der Waals surface area (Å²) in [5.41, 5.74) is 2.65. The number of carbonyl (C=O) groups is 2. The van der Waals surface area contributed by atoms with Gasteiger partial charge < -0.3 is 24.4 Å². The lowest BCUT2D eigenvalue weighted by Gasteiger charge is -2.31. The molecule has 1 atom stereocenters. The van der Waals surface area contributed by atoms with E-state index in [1.165, 1.54) is 28.6 Å². The Morgan fingerprint density at radius 3 is 2.02 bits per heavy atom. The molecule has 2 amide bonds. The molecule has 1 unspecified atom stereocenters. The number of benzene rings is 4. The zero-order valence-electron chi connectivity index (χ0n) is 26.3. The molecule has 0 aromatic heterocycles. The normalized spacial score (nSPS) is 14.1. The minimum absolute atomic E-state index is 0.139. The van der Waals surface area contributed by atoms with E-state index in [0.29, 0.717) is 38.5 Å². The summed E-state index contributed by atoms with van der Waals surface area (Å²) in [4.78, 5) is 29.5. The number of hydrogen-bond acceptors (Lipinski definition) is 7. The monoisotopic (exact) mass is 657 g/mol. The summed E-state index contributed by atoms with van der Waals surface area (Å²) in [5, 5.41) is 3.02. The van der Waals surface area contributed by atoms with Crippen molar-refractivity contribution in [3.63, 3.8) is 0 Å². The van der Waals surface area contributed by atoms with Gasteiger partial charge in [0.05, 0.1) is 25.2 Å². The average molecular weight is 658 g/mol. The lowest BCUT2D eigenvalue weighted by molar-refractivity contribution is -0.142. The number of nitrogens with zero attached hydrogens (tertiary/aromatic N) is 2. The lowest BCUT2D eigenvalue weighted by atomic mass is 10.0. The number of nitrogens with one attached hydrogen (secondary N) is 1. The molecule has 1 heterocycles. The number of rotatable bonds is 14. The molecular weight excluding hydrogens is 618 g/mol. The topological polar surface area (TPSA) is 114 Å². The molecule has 0 spiro atoms. The van der Waals surface area contributed by atoms with E-state index >= 15 is 0 Å². The van der Waals surface area contributed by atoms with Gasteiger partial charge in [-0.3, -0.25) is 9.59 Å². The summed E-state index contributed by atoms with van der Waals surface area (Å²) in [6.45, 7) is 1.41. The van der Waals surface area contributed by atoms with Crippen LogP contribution in [-0.4, -0.2) is 75.5 Å². The Hall–Kier alpha value is -4.71. The molecule has 0 radical (unpaired) electrons. The van der Waals surface area contributed by atoms with Crippen molar-refractivity contribution in [2.24, 2.45) is 0 Å². The van der Waals surface area contributed by atoms with E-state index in [2.05, 4.69) is 5.32 Å². The first-order valence-electron chi connectivity index (χ1n) is 15.4. The fraction of sp³-hybridized carbons (Fsp3) is 0.278. The maximum atomic E-state index is 13.9. The zero-order valence-corrected chi connectivity index (χ0v) is 27.1. The molecule has 1 fully saturated rings. The third kappa shape index (κ3) is 9.19. The van der Waals surface area contributed by atoms with Gasteiger partial charge in [-0.25, -0.2) is 8.42 Å². The summed E-state index contributed by atoms with van der Waals surface area (Å²) in [7, 11) is -2.07. The first kappa shape index (κ1) is 33.6. The van der Waals surface area contributed by atoms with Crippen LogP contribution >= 0.6 is 0 Å². The Kier molecular flexibility index (Phi) is 11.6. The molecule has 10 nitrogen and oxygen atoms in total. The molecule has 1 saturated heterocycles. The van der Waals surface area contributed by atoms with Crippen molar-refractivity contribution in [1.82, 2.24) is 14.5 Å². The number of amides is 2. The molecule has 4 aromatic rings. The molecule has 11 heteroatoms. The molecule has 0 aliphatic carbocycles. The third-order valence-electron chi connectivity index (χ3n) is 7.89. The highest BCUT2D eigenvalue weighted by molar-refractivity contribution is 7.89. The van der Waals surface area contributed by atoms with Crippen LogP contribution in [0, 0.1) is 0 Å². The quantitative estimate of drug-likeness (QED) is 0.218. The zero-order chi connectivity index (χ0) is 33.1. The average Bonchev–Trinajstić information content (AvgIpc) is 3.12. The van der Waals surface area contributed by atoms with Crippen molar-refractivity contribution >= 4 is 21.8 Å². The van der Waals surface area contributed by atoms with Crippen LogP contribution < -0.4 is 14.8 Å². The number of ether oxygens (including phenoxy) is 3. The second-order valence-electron chi connectivity index (χ2n) is 11.1. The first-order valence-corrected chi connectivity index (χ1v) is 16.9. The fourth-order valence-electron chi connectivity index (χ4n) is 5.26. The predicted octanol–water partition coefficient (Wildman–Crippen LogP) is 4.05. The van der Waals surface area contributed by atoms with Gasteiger partial charge in [-0.05, 0) is 53.1 Å². The van der Waals surface area contributed by atoms with Gasteiger partial charge >= 0.3 is 0 Å². The summed E-state index contributed by atoms with van der Waals surface area (Å²) >= 11 is 0. The van der Waals surface area contributed by atoms with Crippen molar-refractivity contribution in [3.05, 3.63) is 126 Å². The Morgan fingerprint density at radius 2 is 1.40 bits per heavy atom. The molecule has 4 aromatic carbocycles. The highest BCUT2D eigenvalue weighted by atomic mass is 32.2. The summed E-state index contributed by atoms with van der Waals surface area (Å²) < 4.78 is 43.8. The van der Waals surface area contributed by atoms with Crippen molar-refractivity contribution in [3.8, 4) is 11.5 Å². The van der Waals surface area contributed by atoms with Crippen molar-refractivity contribution < 1.29 is 32.2 Å². The van der Waals surface area contributed by atoms with Crippen LogP contribution in [0.2, 0.25) is 0 Å². The molecule has 1 aliphatic rings. The highest BCUT2D eigenvalue weighted by Crippen LogP contribution is 2.22. The summed E-state index contributed by atoms with van der Waals surface area (Å²) in [6.07, 6.45) is 0.294. The van der Waals surface area contributed by atoms with Crippen molar-refractivity contribution in [1.29, 1.82) is 0 Å². The largest absolute Gasteiger partial charge is 0.497 e. The van der Waals surface area contributed by atoms with E-state index in [4.69, 9.17) is 14.2 Å². The van der Waals surface area contributed by atoms with Gasteiger partial charge in [0.15, 0.2) is 6.61 Å². The fourth-order valence-corrected chi connectivity index (χ4v) is 6.66. The Balaban J connectivity index is 1.34. The predicted molar refractivity (Wildman–Crippen MR) is 177 cm³/mol. The van der Waals surface area contributed by atoms with Gasteiger partial charge in [-0.1, -0.05) is 72.8 Å². The van der Waals surface area contributed by atoms with Crippen LogP contribution in [0.5, 0.6) is 11.5 Å². The SMILES string of the molecule is COc1ccc(CNC(=O)C(Cc2ccccc2)N(Cc2ccccc2)C(=O)COc2ccc(S(=O)(=O)N3CCOCC3)cc2)cc1. The van der Waals surface area contributed by atoms with E-state index in [1.54, 1.807) is 12.0 Å². The van der Waals surface area contributed by atoms with E-state index in [0.717, 1.165) is 22.4 Å². The number of carbonyl (C=O) groups excluding carboxylic acids is 2. The molecule has 0 saturated carbocycles. The van der Waals surface area contributed by atoms with Crippen molar-refractivity contribution in [2.45, 2.75) is 30.4 Å². The van der Waals surface area contributed by atoms with Crippen LogP contribution in [0.1, 0.15) is 16.7 Å². The molecule has 246 valence electrons. The van der Waals surface area contributed by atoms with Gasteiger partial charge in [0.2, 0.25) is 15.9 Å². The van der Waals surface area contributed by atoms with Gasteiger partial charge in [-0.15, -0.1) is 0 Å². The van der Waals surface area contributed by atoms with Crippen LogP contribution in [-0.2, 0) is 43.9 Å². The van der Waals surface area contributed by atoms with Gasteiger partial charge in [0, 0.05) is 32.6 Å². The maximum absolute atomic E-state index is 13.9.